The molecule has 1 aliphatic carbocycles. The van der Waals surface area contributed by atoms with E-state index in [2.05, 4.69) is 11.2 Å². The molecule has 1 nitrogen and oxygen atoms in total. The number of hydrogen-bond donors (Lipinski definition) is 1. The Hall–Kier alpha value is -0.620. The zero-order valence-electron chi connectivity index (χ0n) is 6.95. The van der Waals surface area contributed by atoms with Gasteiger partial charge in [-0.2, -0.15) is 0 Å². The van der Waals surface area contributed by atoms with Crippen molar-refractivity contribution in [2.24, 2.45) is 5.41 Å². The summed E-state index contributed by atoms with van der Waals surface area (Å²) in [6.45, 7) is -0.630. The average molecular weight is 173 g/mol. The van der Waals surface area contributed by atoms with Crippen LogP contribution in [0.25, 0.3) is 0 Å². The topological polar surface area (TPSA) is 12.0 Å². The molecule has 1 rings (SSSR count). The summed E-state index contributed by atoms with van der Waals surface area (Å²) in [6, 6.07) is 0.215. The van der Waals surface area contributed by atoms with Crippen LogP contribution in [-0.2, 0) is 0 Å². The maximum Gasteiger partial charge on any atom is 0.0976 e. The van der Waals surface area contributed by atoms with Crippen LogP contribution in [0.5, 0.6) is 0 Å². The minimum Gasteiger partial charge on any atom is -0.303 e. The van der Waals surface area contributed by atoms with Gasteiger partial charge in [-0.15, -0.1) is 6.42 Å². The summed E-state index contributed by atoms with van der Waals surface area (Å²) >= 11 is 0. The zero-order valence-corrected chi connectivity index (χ0v) is 6.95. The highest BCUT2D eigenvalue weighted by atomic mass is 19.1. The number of rotatable bonds is 4. The van der Waals surface area contributed by atoms with Crippen molar-refractivity contribution in [2.45, 2.75) is 18.9 Å². The van der Waals surface area contributed by atoms with Crippen molar-refractivity contribution in [3.05, 3.63) is 0 Å². The van der Waals surface area contributed by atoms with Crippen LogP contribution in [-0.4, -0.2) is 25.9 Å². The van der Waals surface area contributed by atoms with Gasteiger partial charge in [-0.25, -0.2) is 0 Å². The van der Waals surface area contributed by atoms with Crippen LogP contribution in [0.2, 0.25) is 0 Å². The fourth-order valence-corrected chi connectivity index (χ4v) is 1.59. The van der Waals surface area contributed by atoms with Gasteiger partial charge in [-0.3, -0.25) is 8.78 Å². The summed E-state index contributed by atoms with van der Waals surface area (Å²) in [5, 5.41) is 3.02. The smallest absolute Gasteiger partial charge is 0.0976 e. The van der Waals surface area contributed by atoms with Gasteiger partial charge in [0, 0.05) is 11.5 Å². The molecule has 1 N–H and O–H groups in total. The molecule has 1 aliphatic rings. The molecule has 0 atom stereocenters. The molecule has 12 heavy (non-hydrogen) atoms. The molecule has 3 heteroatoms. The van der Waals surface area contributed by atoms with E-state index >= 15 is 0 Å². The van der Waals surface area contributed by atoms with E-state index in [1.807, 2.05) is 0 Å². The van der Waals surface area contributed by atoms with Gasteiger partial charge in [0.25, 0.3) is 0 Å². The summed E-state index contributed by atoms with van der Waals surface area (Å²) in [5.74, 6) is 2.43. The van der Waals surface area contributed by atoms with Crippen LogP contribution in [0, 0.1) is 17.8 Å². The first-order chi connectivity index (χ1) is 5.76. The average Bonchev–Trinajstić information content (AvgIpc) is 2.04. The lowest BCUT2D eigenvalue weighted by Crippen LogP contribution is -2.51. The molecule has 0 aromatic rings. The van der Waals surface area contributed by atoms with E-state index in [-0.39, 0.29) is 6.04 Å². The molecule has 0 saturated heterocycles. The van der Waals surface area contributed by atoms with Crippen LogP contribution in [0.1, 0.15) is 12.8 Å². The Morgan fingerprint density at radius 1 is 1.42 bits per heavy atom. The van der Waals surface area contributed by atoms with E-state index in [9.17, 15) is 8.78 Å². The van der Waals surface area contributed by atoms with Crippen LogP contribution >= 0.6 is 0 Å². The second-order valence-electron chi connectivity index (χ2n) is 3.46. The van der Waals surface area contributed by atoms with Gasteiger partial charge in [0.05, 0.1) is 19.9 Å². The second-order valence-corrected chi connectivity index (χ2v) is 3.46. The minimum atomic E-state index is -0.688. The summed E-state index contributed by atoms with van der Waals surface area (Å²) in [4.78, 5) is 0. The summed E-state index contributed by atoms with van der Waals surface area (Å²) in [5.41, 5.74) is -0.688. The zero-order chi connectivity index (χ0) is 9.03. The summed E-state index contributed by atoms with van der Waals surface area (Å²) in [7, 11) is 0. The molecule has 0 amide bonds. The molecule has 0 aliphatic heterocycles. The Morgan fingerprint density at radius 3 is 2.42 bits per heavy atom. The van der Waals surface area contributed by atoms with Crippen LogP contribution < -0.4 is 5.32 Å². The highest BCUT2D eigenvalue weighted by molar-refractivity contribution is 4.99. The van der Waals surface area contributed by atoms with Gasteiger partial charge < -0.3 is 5.32 Å². The first kappa shape index (κ1) is 9.47. The molecule has 0 aromatic heterocycles. The Kier molecular flexibility index (Phi) is 3.05. The maximum atomic E-state index is 12.3. The number of terminal acetylenes is 1. The Morgan fingerprint density at radius 2 is 2.00 bits per heavy atom. The Balaban J connectivity index is 2.22. The monoisotopic (exact) mass is 173 g/mol. The lowest BCUT2D eigenvalue weighted by atomic mass is 9.67. The quantitative estimate of drug-likeness (QED) is 0.632. The maximum absolute atomic E-state index is 12.3. The van der Waals surface area contributed by atoms with E-state index in [1.54, 1.807) is 0 Å². The summed E-state index contributed by atoms with van der Waals surface area (Å²) < 4.78 is 24.6. The van der Waals surface area contributed by atoms with E-state index in [0.29, 0.717) is 19.4 Å². The third kappa shape index (κ3) is 1.75. The standard InChI is InChI=1S/C9H13F2N/c1-2-3-12-8-4-9(5-8,6-10)7-11/h1,8,12H,3-7H2. The lowest BCUT2D eigenvalue weighted by Gasteiger charge is -2.44. The molecule has 0 heterocycles. The molecular weight excluding hydrogens is 160 g/mol. The molecule has 1 fully saturated rings. The SMILES string of the molecule is C#CCNC1CC(CF)(CF)C1. The van der Waals surface area contributed by atoms with E-state index in [0.717, 1.165) is 0 Å². The molecular formula is C9H13F2N. The van der Waals surface area contributed by atoms with Crippen molar-refractivity contribution in [1.82, 2.24) is 5.32 Å². The number of alkyl halides is 2. The predicted octanol–water partition coefficient (Wildman–Crippen LogP) is 1.30. The fourth-order valence-electron chi connectivity index (χ4n) is 1.59. The number of nitrogens with one attached hydrogen (secondary N) is 1. The van der Waals surface area contributed by atoms with Crippen LogP contribution in [0.4, 0.5) is 8.78 Å². The van der Waals surface area contributed by atoms with E-state index in [1.165, 1.54) is 0 Å². The molecule has 0 spiro atoms. The van der Waals surface area contributed by atoms with Crippen molar-refractivity contribution in [3.8, 4) is 12.3 Å². The predicted molar refractivity (Wildman–Crippen MR) is 44.2 cm³/mol. The third-order valence-corrected chi connectivity index (χ3v) is 2.42. The largest absolute Gasteiger partial charge is 0.303 e. The van der Waals surface area contributed by atoms with Gasteiger partial charge in [-0.05, 0) is 12.8 Å². The summed E-state index contributed by atoms with van der Waals surface area (Å²) in [6.07, 6.45) is 6.17. The van der Waals surface area contributed by atoms with Crippen molar-refractivity contribution in [2.75, 3.05) is 19.9 Å². The first-order valence-corrected chi connectivity index (χ1v) is 4.05. The molecule has 1 saturated carbocycles. The highest BCUT2D eigenvalue weighted by Crippen LogP contribution is 2.41. The molecule has 68 valence electrons. The van der Waals surface area contributed by atoms with Crippen molar-refractivity contribution in [3.63, 3.8) is 0 Å². The van der Waals surface area contributed by atoms with Crippen LogP contribution in [0.15, 0.2) is 0 Å². The second kappa shape index (κ2) is 3.86. The molecule has 0 radical (unpaired) electrons. The third-order valence-electron chi connectivity index (χ3n) is 2.42. The Bertz CT molecular complexity index is 173. The lowest BCUT2D eigenvalue weighted by molar-refractivity contribution is 0.0266. The van der Waals surface area contributed by atoms with Gasteiger partial charge in [0.15, 0.2) is 0 Å². The van der Waals surface area contributed by atoms with Crippen molar-refractivity contribution in [1.29, 1.82) is 0 Å². The first-order valence-electron chi connectivity index (χ1n) is 4.05. The highest BCUT2D eigenvalue weighted by Gasteiger charge is 2.44. The molecule has 0 aromatic carbocycles. The molecule has 0 unspecified atom stereocenters. The van der Waals surface area contributed by atoms with E-state index < -0.39 is 18.8 Å². The van der Waals surface area contributed by atoms with Gasteiger partial charge in [-0.1, -0.05) is 5.92 Å². The normalized spacial score (nSPS) is 21.4. The van der Waals surface area contributed by atoms with E-state index in [4.69, 9.17) is 6.42 Å². The van der Waals surface area contributed by atoms with Gasteiger partial charge in [0.2, 0.25) is 0 Å². The van der Waals surface area contributed by atoms with Gasteiger partial charge >= 0.3 is 0 Å². The fraction of sp³-hybridized carbons (Fsp3) is 0.778. The number of halogens is 2. The van der Waals surface area contributed by atoms with Crippen molar-refractivity contribution >= 4 is 0 Å². The Labute approximate surface area is 71.5 Å². The van der Waals surface area contributed by atoms with Gasteiger partial charge in [0.1, 0.15) is 0 Å². The number of hydrogen-bond acceptors (Lipinski definition) is 1. The van der Waals surface area contributed by atoms with Crippen molar-refractivity contribution < 1.29 is 8.78 Å². The minimum absolute atomic E-state index is 0.215. The van der Waals surface area contributed by atoms with Crippen LogP contribution in [0.3, 0.4) is 0 Å². The molecule has 0 bridgehead atoms.